The van der Waals surface area contributed by atoms with E-state index >= 15 is 0 Å². The van der Waals surface area contributed by atoms with Gasteiger partial charge in [0.05, 0.1) is 0 Å². The van der Waals surface area contributed by atoms with E-state index in [4.69, 9.17) is 11.0 Å². The van der Waals surface area contributed by atoms with Crippen molar-refractivity contribution in [1.29, 1.82) is 0 Å². The van der Waals surface area contributed by atoms with Gasteiger partial charge in [-0.15, -0.1) is 11.3 Å². The van der Waals surface area contributed by atoms with Crippen molar-refractivity contribution in [3.63, 3.8) is 0 Å². The summed E-state index contributed by atoms with van der Waals surface area (Å²) in [5.74, 6) is 0. The molecular formula is C52H38OS. The van der Waals surface area contributed by atoms with Gasteiger partial charge >= 0.3 is 0 Å². The second-order valence-electron chi connectivity index (χ2n) is 13.8. The molecule has 54 heavy (non-hydrogen) atoms. The first-order valence-electron chi connectivity index (χ1n) is 18.4. The van der Waals surface area contributed by atoms with Crippen LogP contribution in [0.4, 0.5) is 0 Å². The number of rotatable bonds is 6. The highest BCUT2D eigenvalue weighted by Gasteiger charge is 2.19. The zero-order valence-electron chi connectivity index (χ0n) is 30.0. The minimum atomic E-state index is 0.876. The fourth-order valence-corrected chi connectivity index (χ4v) is 8.67. The van der Waals surface area contributed by atoms with Crippen LogP contribution in [0.3, 0.4) is 0 Å². The van der Waals surface area contributed by atoms with Crippen LogP contribution in [-0.4, -0.2) is 0 Å². The molecule has 1 aliphatic rings. The first-order chi connectivity index (χ1) is 26.5. The van der Waals surface area contributed by atoms with Gasteiger partial charge in [-0.2, -0.15) is 0 Å². The smallest absolute Gasteiger partial charge is 0.136 e. The van der Waals surface area contributed by atoms with Crippen molar-refractivity contribution < 1.29 is 4.42 Å². The van der Waals surface area contributed by atoms with E-state index in [0.717, 1.165) is 94.6 Å². The van der Waals surface area contributed by atoms with Crippen molar-refractivity contribution in [2.45, 2.75) is 12.8 Å². The van der Waals surface area contributed by atoms with Crippen molar-refractivity contribution in [3.05, 3.63) is 209 Å². The minimum Gasteiger partial charge on any atom is -0.456 e. The summed E-state index contributed by atoms with van der Waals surface area (Å²) in [5, 5.41) is 7.67. The van der Waals surface area contributed by atoms with E-state index in [1.165, 1.54) is 20.5 Å². The molecule has 0 saturated heterocycles. The summed E-state index contributed by atoms with van der Waals surface area (Å²) < 4.78 is 7.70. The maximum atomic E-state index is 6.44. The van der Waals surface area contributed by atoms with Crippen molar-refractivity contribution in [1.82, 2.24) is 0 Å². The molecule has 9 rings (SSSR count). The van der Waals surface area contributed by atoms with Crippen LogP contribution in [-0.2, 0) is 0 Å². The standard InChI is InChI=1S/C52H38OS/c1-34-29-39(37-17-7-6-8-18-37)28-27-38(34)30-35(2)41-20-9-4-5-10-21-42(44-23-13-12-22-43(41)44)36(3)46-32-47-45-24-14-15-25-49(45)53-50(47)33-48(46)52-31-40-19-11-16-26-51(40)54-52/h6-33H,1-5H2/b20-9+,21-10+,38-30-,43-41+,44-42+. The average Bonchev–Trinajstić information content (AvgIpc) is 3.81. The van der Waals surface area contributed by atoms with E-state index < -0.39 is 0 Å². The van der Waals surface area contributed by atoms with Gasteiger partial charge in [0.15, 0.2) is 0 Å². The summed E-state index contributed by atoms with van der Waals surface area (Å²) >= 11 is 1.80. The number of furan rings is 1. The molecule has 0 N–H and O–H groups in total. The van der Waals surface area contributed by atoms with E-state index in [2.05, 4.69) is 165 Å². The molecule has 1 nitrogen and oxygen atoms in total. The number of benzene rings is 6. The lowest BCUT2D eigenvalue weighted by molar-refractivity contribution is 0.669. The summed E-state index contributed by atoms with van der Waals surface area (Å²) in [4.78, 5) is 1.19. The molecule has 0 bridgehead atoms. The summed E-state index contributed by atoms with van der Waals surface area (Å²) in [6.07, 6.45) is 13.1. The molecule has 0 atom stereocenters. The highest BCUT2D eigenvalue weighted by Crippen LogP contribution is 2.43. The maximum absolute atomic E-state index is 6.44. The SMILES string of the molecule is C=C(/C=c1/ccc(-c2ccccc2)cc1=C)C1=c2\cccc\c2=C(C(=C)c2cc3c(cc2-c2cc4ccccc4s2)oc2ccccc23)\C=C\CC\C=C\1. The Balaban J connectivity index is 1.26. The molecular weight excluding hydrogens is 673 g/mol. The van der Waals surface area contributed by atoms with Crippen LogP contribution in [0.5, 0.6) is 0 Å². The Morgan fingerprint density at radius 3 is 2.11 bits per heavy atom. The molecule has 8 aromatic rings. The Bertz CT molecular complexity index is 3060. The third-order valence-corrected chi connectivity index (χ3v) is 11.5. The topological polar surface area (TPSA) is 13.1 Å². The summed E-state index contributed by atoms with van der Waals surface area (Å²) in [6, 6.07) is 49.2. The van der Waals surface area contributed by atoms with Gasteiger partial charge < -0.3 is 4.42 Å². The van der Waals surface area contributed by atoms with Gasteiger partial charge in [0.1, 0.15) is 11.2 Å². The average molecular weight is 711 g/mol. The molecule has 2 heterocycles. The second-order valence-corrected chi connectivity index (χ2v) is 14.9. The lowest BCUT2D eigenvalue weighted by Gasteiger charge is -2.15. The predicted molar refractivity (Wildman–Crippen MR) is 234 cm³/mol. The van der Waals surface area contributed by atoms with Gasteiger partial charge in [-0.05, 0) is 121 Å². The zero-order valence-corrected chi connectivity index (χ0v) is 30.8. The van der Waals surface area contributed by atoms with E-state index in [-0.39, 0.29) is 0 Å². The molecule has 2 heteroatoms. The van der Waals surface area contributed by atoms with Crippen LogP contribution < -0.4 is 20.9 Å². The van der Waals surface area contributed by atoms with Gasteiger partial charge in [0.2, 0.25) is 0 Å². The monoisotopic (exact) mass is 710 g/mol. The van der Waals surface area contributed by atoms with Crippen LogP contribution in [0.1, 0.15) is 18.4 Å². The Labute approximate surface area is 319 Å². The molecule has 1 aliphatic carbocycles. The number of allylic oxidation sites excluding steroid dienone is 6. The second kappa shape index (κ2) is 14.2. The normalized spacial score (nSPS) is 16.7. The van der Waals surface area contributed by atoms with E-state index in [9.17, 15) is 0 Å². The first-order valence-corrected chi connectivity index (χ1v) is 19.2. The van der Waals surface area contributed by atoms with Gasteiger partial charge in [-0.3, -0.25) is 0 Å². The van der Waals surface area contributed by atoms with Crippen LogP contribution in [0, 0.1) is 0 Å². The van der Waals surface area contributed by atoms with Gasteiger partial charge in [-0.25, -0.2) is 0 Å². The maximum Gasteiger partial charge on any atom is 0.136 e. The van der Waals surface area contributed by atoms with Gasteiger partial charge in [0.25, 0.3) is 0 Å². The molecule has 0 spiro atoms. The summed E-state index contributed by atoms with van der Waals surface area (Å²) in [6.45, 7) is 14.0. The Hall–Kier alpha value is -6.48. The van der Waals surface area contributed by atoms with Crippen LogP contribution in [0.25, 0.3) is 83.0 Å². The van der Waals surface area contributed by atoms with Crippen molar-refractivity contribution >= 4 is 72.7 Å². The number of para-hydroxylation sites is 1. The quantitative estimate of drug-likeness (QED) is 0.167. The molecule has 0 unspecified atom stereocenters. The molecule has 0 fully saturated rings. The van der Waals surface area contributed by atoms with Crippen molar-refractivity contribution in [2.75, 3.05) is 0 Å². The number of hydrogen-bond donors (Lipinski definition) is 0. The fraction of sp³-hybridized carbons (Fsp3) is 0.0385. The van der Waals surface area contributed by atoms with Crippen LogP contribution >= 0.6 is 11.3 Å². The Morgan fingerprint density at radius 2 is 1.31 bits per heavy atom. The van der Waals surface area contributed by atoms with Crippen molar-refractivity contribution in [3.8, 4) is 21.6 Å². The van der Waals surface area contributed by atoms with Crippen molar-refractivity contribution in [2.24, 2.45) is 0 Å². The molecule has 0 aliphatic heterocycles. The van der Waals surface area contributed by atoms with Gasteiger partial charge in [-0.1, -0.05) is 147 Å². The van der Waals surface area contributed by atoms with E-state index in [1.807, 2.05) is 18.2 Å². The third-order valence-electron chi connectivity index (χ3n) is 10.4. The number of hydrogen-bond acceptors (Lipinski definition) is 2. The molecule has 6 aromatic carbocycles. The molecule has 2 aromatic heterocycles. The summed E-state index contributed by atoms with van der Waals surface area (Å²) in [5.41, 5.74) is 10.4. The zero-order chi connectivity index (χ0) is 36.6. The van der Waals surface area contributed by atoms with Crippen LogP contribution in [0.2, 0.25) is 0 Å². The molecule has 0 saturated carbocycles. The van der Waals surface area contributed by atoms with E-state index in [1.54, 1.807) is 11.3 Å². The Morgan fingerprint density at radius 1 is 0.611 bits per heavy atom. The third kappa shape index (κ3) is 6.21. The number of fused-ring (bicyclic) bond motifs is 5. The minimum absolute atomic E-state index is 0.876. The molecule has 0 radical (unpaired) electrons. The highest BCUT2D eigenvalue weighted by molar-refractivity contribution is 7.22. The largest absolute Gasteiger partial charge is 0.456 e. The lowest BCUT2D eigenvalue weighted by Crippen LogP contribution is -2.29. The molecule has 258 valence electrons. The fourth-order valence-electron chi connectivity index (χ4n) is 7.58. The predicted octanol–water partition coefficient (Wildman–Crippen LogP) is 11.5. The van der Waals surface area contributed by atoms with E-state index in [0.29, 0.717) is 0 Å². The van der Waals surface area contributed by atoms with Gasteiger partial charge in [0, 0.05) is 25.9 Å². The highest BCUT2D eigenvalue weighted by atomic mass is 32.1. The molecule has 0 amide bonds. The number of thiophene rings is 1. The summed E-state index contributed by atoms with van der Waals surface area (Å²) in [7, 11) is 0. The Kier molecular flexibility index (Phi) is 8.75. The van der Waals surface area contributed by atoms with Crippen LogP contribution in [0.15, 0.2) is 187 Å². The first kappa shape index (κ1) is 33.4. The lowest BCUT2D eigenvalue weighted by atomic mass is 9.89.